The molecule has 0 aliphatic carbocycles. The zero-order valence-electron chi connectivity index (χ0n) is 18.3. The molecule has 2 atom stereocenters. The second kappa shape index (κ2) is 10.6. The molecule has 0 radical (unpaired) electrons. The number of nitrogens with zero attached hydrogens (tertiary/aromatic N) is 1. The van der Waals surface area contributed by atoms with Crippen LogP contribution in [0, 0.1) is 5.82 Å². The summed E-state index contributed by atoms with van der Waals surface area (Å²) in [6.45, 7) is 3.16. The van der Waals surface area contributed by atoms with Crippen LogP contribution in [0.25, 0.3) is 0 Å². The van der Waals surface area contributed by atoms with Crippen LogP contribution in [-0.4, -0.2) is 65.7 Å². The van der Waals surface area contributed by atoms with Crippen LogP contribution in [0.4, 0.5) is 4.39 Å². The van der Waals surface area contributed by atoms with Crippen molar-refractivity contribution in [3.63, 3.8) is 0 Å². The van der Waals surface area contributed by atoms with E-state index in [0.717, 1.165) is 5.56 Å². The van der Waals surface area contributed by atoms with Gasteiger partial charge in [-0.15, -0.1) is 0 Å². The van der Waals surface area contributed by atoms with Gasteiger partial charge in [-0.3, -0.25) is 9.45 Å². The number of phenols is 1. The Morgan fingerprint density at radius 1 is 1.12 bits per heavy atom. The number of aromatic hydroxyl groups is 1. The van der Waals surface area contributed by atoms with E-state index in [2.05, 4.69) is 4.90 Å². The Balaban J connectivity index is 0.000000654. The molecule has 1 aliphatic rings. The highest BCUT2D eigenvalue weighted by Gasteiger charge is 2.36. The van der Waals surface area contributed by atoms with Gasteiger partial charge in [0.25, 0.3) is 10.1 Å². The predicted molar refractivity (Wildman–Crippen MR) is 118 cm³/mol. The molecule has 2 aromatic rings. The summed E-state index contributed by atoms with van der Waals surface area (Å²) in [6.07, 6.45) is 0.979. The highest BCUT2D eigenvalue weighted by molar-refractivity contribution is 7.85. The lowest BCUT2D eigenvalue weighted by Crippen LogP contribution is -2.47. The number of phenolic OH excluding ortho intramolecular Hbond substituents is 1. The fourth-order valence-electron chi connectivity index (χ4n) is 3.71. The highest BCUT2D eigenvalue weighted by atomic mass is 32.2. The van der Waals surface area contributed by atoms with Gasteiger partial charge in [-0.05, 0) is 55.2 Å². The molecule has 8 nitrogen and oxygen atoms in total. The summed E-state index contributed by atoms with van der Waals surface area (Å²) in [4.78, 5) is 2.13. The van der Waals surface area contributed by atoms with Crippen LogP contribution in [0.3, 0.4) is 0 Å². The summed E-state index contributed by atoms with van der Waals surface area (Å²) in [5.41, 5.74) is 0.410. The van der Waals surface area contributed by atoms with Crippen LogP contribution in [-0.2, 0) is 15.7 Å². The third-order valence-electron chi connectivity index (χ3n) is 5.58. The molecule has 178 valence electrons. The first-order chi connectivity index (χ1) is 14.8. The van der Waals surface area contributed by atoms with E-state index in [1.54, 1.807) is 24.3 Å². The first kappa shape index (κ1) is 26.0. The van der Waals surface area contributed by atoms with Gasteiger partial charge in [0.05, 0.1) is 25.1 Å². The summed E-state index contributed by atoms with van der Waals surface area (Å²) >= 11 is 0. The fraction of sp³-hybridized carbons (Fsp3) is 0.455. The second-order valence-corrected chi connectivity index (χ2v) is 9.39. The summed E-state index contributed by atoms with van der Waals surface area (Å²) in [5.74, 6) is 0.0346. The van der Waals surface area contributed by atoms with Gasteiger partial charge in [0.2, 0.25) is 0 Å². The number of methoxy groups -OCH3 is 1. The van der Waals surface area contributed by atoms with Crippen LogP contribution < -0.4 is 4.74 Å². The molecule has 0 aromatic heterocycles. The Kier molecular flexibility index (Phi) is 8.60. The van der Waals surface area contributed by atoms with Crippen LogP contribution >= 0.6 is 0 Å². The number of hydrogen-bond donors (Lipinski definition) is 4. The van der Waals surface area contributed by atoms with Crippen molar-refractivity contribution in [1.29, 1.82) is 0 Å². The van der Waals surface area contributed by atoms with Crippen molar-refractivity contribution in [2.24, 2.45) is 0 Å². The fourth-order valence-corrected chi connectivity index (χ4v) is 3.71. The van der Waals surface area contributed by atoms with Crippen molar-refractivity contribution in [2.45, 2.75) is 37.5 Å². The van der Waals surface area contributed by atoms with E-state index in [1.807, 2.05) is 6.92 Å². The molecular weight excluding hydrogens is 441 g/mol. The monoisotopic (exact) mass is 471 g/mol. The Morgan fingerprint density at radius 2 is 1.66 bits per heavy atom. The third kappa shape index (κ3) is 7.14. The SMILES string of the molecule is COc1cc([C@@H](O)[C@@H](C)N2CCC(O)(c3ccc(F)cc3)CC2)ccc1O.CS(=O)(=O)O. The van der Waals surface area contributed by atoms with Gasteiger partial charge in [-0.2, -0.15) is 8.42 Å². The van der Waals surface area contributed by atoms with Crippen molar-refractivity contribution in [2.75, 3.05) is 26.5 Å². The number of aliphatic hydroxyl groups excluding tert-OH is 1. The number of ether oxygens (including phenoxy) is 1. The second-order valence-electron chi connectivity index (χ2n) is 7.92. The van der Waals surface area contributed by atoms with E-state index in [1.165, 1.54) is 25.3 Å². The van der Waals surface area contributed by atoms with Crippen molar-refractivity contribution >= 4 is 10.1 Å². The van der Waals surface area contributed by atoms with E-state index >= 15 is 0 Å². The van der Waals surface area contributed by atoms with Gasteiger partial charge in [0.1, 0.15) is 5.82 Å². The van der Waals surface area contributed by atoms with E-state index in [0.29, 0.717) is 43.5 Å². The molecule has 1 aliphatic heterocycles. The van der Waals surface area contributed by atoms with Crippen LogP contribution in [0.1, 0.15) is 37.0 Å². The molecule has 0 spiro atoms. The number of halogens is 1. The van der Waals surface area contributed by atoms with Crippen molar-refractivity contribution in [3.8, 4) is 11.5 Å². The molecule has 32 heavy (non-hydrogen) atoms. The van der Waals surface area contributed by atoms with E-state index < -0.39 is 21.8 Å². The number of hydrogen-bond acceptors (Lipinski definition) is 7. The smallest absolute Gasteiger partial charge is 0.261 e. The lowest BCUT2D eigenvalue weighted by atomic mass is 9.83. The minimum absolute atomic E-state index is 0.0310. The molecule has 1 fully saturated rings. The maximum atomic E-state index is 13.1. The van der Waals surface area contributed by atoms with Gasteiger partial charge in [0.15, 0.2) is 11.5 Å². The van der Waals surface area contributed by atoms with Crippen LogP contribution in [0.5, 0.6) is 11.5 Å². The molecule has 0 unspecified atom stereocenters. The molecule has 1 heterocycles. The Morgan fingerprint density at radius 3 is 2.16 bits per heavy atom. The molecule has 2 aromatic carbocycles. The van der Waals surface area contributed by atoms with Crippen molar-refractivity contribution < 1.29 is 37.4 Å². The number of benzene rings is 2. The van der Waals surface area contributed by atoms with Gasteiger partial charge in [-0.1, -0.05) is 18.2 Å². The number of piperidine rings is 1. The van der Waals surface area contributed by atoms with E-state index in [9.17, 15) is 28.1 Å². The number of likely N-dealkylation sites (tertiary alicyclic amines) is 1. The summed E-state index contributed by atoms with van der Waals surface area (Å²) < 4.78 is 44.1. The summed E-state index contributed by atoms with van der Waals surface area (Å²) in [5, 5.41) is 31.4. The topological polar surface area (TPSA) is 128 Å². The first-order valence-corrected chi connectivity index (χ1v) is 11.9. The molecule has 0 saturated carbocycles. The van der Waals surface area contributed by atoms with Crippen molar-refractivity contribution in [1.82, 2.24) is 4.90 Å². The van der Waals surface area contributed by atoms with Gasteiger partial charge in [-0.25, -0.2) is 4.39 Å². The lowest BCUT2D eigenvalue weighted by Gasteiger charge is -2.42. The molecule has 0 amide bonds. The maximum Gasteiger partial charge on any atom is 0.261 e. The van der Waals surface area contributed by atoms with Crippen LogP contribution in [0.15, 0.2) is 42.5 Å². The largest absolute Gasteiger partial charge is 0.504 e. The molecular formula is C22H30FNO7S. The van der Waals surface area contributed by atoms with Crippen molar-refractivity contribution in [3.05, 3.63) is 59.4 Å². The standard InChI is InChI=1S/C21H26FNO4.CH4O3S/c1-14(20(25)15-3-8-18(24)19(13-15)27-2)23-11-9-21(26,10-12-23)16-4-6-17(22)7-5-16;1-5(2,3)4/h3-8,13-14,20,24-26H,9-12H2,1-2H3;1H3,(H,2,3,4)/t14-,20+;/m1./s1. The Hall–Kier alpha value is -2.24. The van der Waals surface area contributed by atoms with Gasteiger partial charge < -0.3 is 20.1 Å². The molecule has 0 bridgehead atoms. The quantitative estimate of drug-likeness (QED) is 0.490. The van der Waals surface area contributed by atoms with E-state index in [4.69, 9.17) is 9.29 Å². The predicted octanol–water partition coefficient (Wildman–Crippen LogP) is 2.45. The number of rotatable bonds is 5. The molecule has 3 rings (SSSR count). The minimum atomic E-state index is -3.67. The van der Waals surface area contributed by atoms with Gasteiger partial charge >= 0.3 is 0 Å². The lowest BCUT2D eigenvalue weighted by molar-refractivity contribution is -0.0502. The van der Waals surface area contributed by atoms with Crippen LogP contribution in [0.2, 0.25) is 0 Å². The normalized spacial score (nSPS) is 18.2. The molecule has 4 N–H and O–H groups in total. The third-order valence-corrected chi connectivity index (χ3v) is 5.58. The Bertz CT molecular complexity index is 982. The Labute approximate surface area is 187 Å². The summed E-state index contributed by atoms with van der Waals surface area (Å²) in [7, 11) is -2.20. The average molecular weight is 472 g/mol. The maximum absolute atomic E-state index is 13.1. The number of aliphatic hydroxyl groups is 2. The zero-order valence-corrected chi connectivity index (χ0v) is 19.1. The first-order valence-electron chi connectivity index (χ1n) is 10.0. The average Bonchev–Trinajstić information content (AvgIpc) is 2.73. The molecule has 10 heteroatoms. The van der Waals surface area contributed by atoms with Gasteiger partial charge in [0, 0.05) is 19.1 Å². The van der Waals surface area contributed by atoms with E-state index in [-0.39, 0.29) is 17.6 Å². The summed E-state index contributed by atoms with van der Waals surface area (Å²) in [6, 6.07) is 10.6. The zero-order chi connectivity index (χ0) is 24.1. The minimum Gasteiger partial charge on any atom is -0.504 e. The molecule has 1 saturated heterocycles. The highest BCUT2D eigenvalue weighted by Crippen LogP contribution is 2.36.